The fourth-order valence-corrected chi connectivity index (χ4v) is 0. The van der Waals surface area contributed by atoms with Crippen LogP contribution in [0.1, 0.15) is 2.85 Å². The zero-order valence-electron chi connectivity index (χ0n) is 5.57. The molecule has 0 unspecified atom stereocenters. The zero-order valence-corrected chi connectivity index (χ0v) is 5.57. The quantitative estimate of drug-likeness (QED) is 0.320. The molecule has 0 aromatic rings. The van der Waals surface area contributed by atoms with E-state index in [1.807, 2.05) is 0 Å². The first-order valence-corrected chi connectivity index (χ1v) is 1.32. The number of hydrogen-bond donors (Lipinski definition) is 2. The van der Waals surface area contributed by atoms with Gasteiger partial charge in [0.15, 0.2) is 0 Å². The van der Waals surface area contributed by atoms with E-state index in [0.29, 0.717) is 13.1 Å². The van der Waals surface area contributed by atoms with E-state index in [4.69, 9.17) is 11.5 Å². The maximum absolute atomic E-state index is 4.90. The van der Waals surface area contributed by atoms with E-state index in [1.54, 1.807) is 0 Å². The average molecular weight is 85.1 g/mol. The fourth-order valence-electron chi connectivity index (χ4n) is 0. The van der Waals surface area contributed by atoms with Gasteiger partial charge in [0.25, 0.3) is 0 Å². The predicted molar refractivity (Wildman–Crippen MR) is 20.3 cm³/mol. The summed E-state index contributed by atoms with van der Waals surface area (Å²) in [5.74, 6) is 0. The Hall–Kier alpha value is 0.920. The minimum Gasteiger partial charge on any atom is -0.329 e. The number of hydrogen-bond acceptors (Lipinski definition) is 2. The molecule has 4 N–H and O–H groups in total. The second-order valence-electron chi connectivity index (χ2n) is 0.577. The van der Waals surface area contributed by atoms with Gasteiger partial charge < -0.3 is 11.5 Å². The maximum atomic E-state index is 4.90. The van der Waals surface area contributed by atoms with Crippen LogP contribution in [-0.4, -0.2) is 13.1 Å². The van der Waals surface area contributed by atoms with Crippen LogP contribution >= 0.6 is 0 Å². The summed E-state index contributed by atoms with van der Waals surface area (Å²) in [6.07, 6.45) is 0. The molecule has 0 aromatic heterocycles. The monoisotopic (exact) mass is 85.1 g/mol. The Kier molecular flexibility index (Phi) is 16.5. The Bertz CT molecular complexity index is 15.7. The molecule has 0 aliphatic heterocycles. The van der Waals surface area contributed by atoms with Crippen molar-refractivity contribution in [2.75, 3.05) is 13.1 Å². The zero-order chi connectivity index (χ0) is 3.41. The molecular weight excluding hydrogens is 75.0 g/mol. The molecule has 0 saturated carbocycles. The van der Waals surface area contributed by atoms with Crippen molar-refractivity contribution < 1.29 is 32.4 Å². The van der Waals surface area contributed by atoms with Gasteiger partial charge in [0.2, 0.25) is 0 Å². The molecule has 0 aliphatic rings. The summed E-state index contributed by atoms with van der Waals surface area (Å²) >= 11 is 0. The molecule has 0 spiro atoms. The van der Waals surface area contributed by atoms with E-state index in [2.05, 4.69) is 0 Å². The second kappa shape index (κ2) is 8.87. The fraction of sp³-hybridized carbons (Fsp3) is 1.00. The Morgan fingerprint density at radius 2 is 1.40 bits per heavy atom. The van der Waals surface area contributed by atoms with Crippen LogP contribution in [0.5, 0.6) is 0 Å². The van der Waals surface area contributed by atoms with Crippen LogP contribution in [0.25, 0.3) is 0 Å². The molecule has 0 amide bonds. The Morgan fingerprint density at radius 3 is 1.40 bits per heavy atom. The number of rotatable bonds is 1. The van der Waals surface area contributed by atoms with Gasteiger partial charge in [0.05, 0.1) is 0 Å². The minimum absolute atomic E-state index is 0. The molecule has 0 saturated heterocycles. The first kappa shape index (κ1) is 9.33. The third kappa shape index (κ3) is 11.4. The molecule has 0 aliphatic carbocycles. The molecule has 0 atom stereocenters. The van der Waals surface area contributed by atoms with Crippen molar-refractivity contribution in [3.05, 3.63) is 0 Å². The van der Waals surface area contributed by atoms with E-state index in [-0.39, 0.29) is 32.4 Å². The topological polar surface area (TPSA) is 52.0 Å². The van der Waals surface area contributed by atoms with Crippen molar-refractivity contribution in [2.45, 2.75) is 0 Å². The van der Waals surface area contributed by atoms with Gasteiger partial charge in [-0.1, -0.05) is 0 Å². The van der Waals surface area contributed by atoms with Crippen molar-refractivity contribution >= 4 is 0 Å². The van der Waals surface area contributed by atoms with Gasteiger partial charge in [-0.25, -0.2) is 0 Å². The van der Waals surface area contributed by atoms with Crippen LogP contribution in [0.2, 0.25) is 0 Å². The van der Waals surface area contributed by atoms with Gasteiger partial charge in [-0.3, -0.25) is 0 Å². The molecule has 0 heterocycles. The van der Waals surface area contributed by atoms with Gasteiger partial charge >= 0.3 is 32.4 Å². The maximum Gasteiger partial charge on any atom is 1.00 e. The minimum atomic E-state index is 0. The van der Waals surface area contributed by atoms with Crippen LogP contribution in [0, 0.1) is 0 Å². The molecule has 5 heavy (non-hydrogen) atoms. The first-order chi connectivity index (χ1) is 1.91. The summed E-state index contributed by atoms with van der Waals surface area (Å²) in [6.45, 7) is 1.19. The second-order valence-corrected chi connectivity index (χ2v) is 0.577. The molecule has 0 aromatic carbocycles. The van der Waals surface area contributed by atoms with Gasteiger partial charge in [0.1, 0.15) is 0 Å². The normalized spacial score (nSPS) is 6.00. The molecule has 3 heteroatoms. The van der Waals surface area contributed by atoms with E-state index in [1.165, 1.54) is 0 Å². The molecule has 26 valence electrons. The van der Waals surface area contributed by atoms with Gasteiger partial charge in [-0.15, -0.1) is 0 Å². The molecule has 0 rings (SSSR count). The number of nitrogens with two attached hydrogens (primary N) is 2. The van der Waals surface area contributed by atoms with Crippen molar-refractivity contribution in [3.8, 4) is 0 Å². The summed E-state index contributed by atoms with van der Waals surface area (Å²) in [6, 6.07) is 0. The molecule has 2 nitrogen and oxygen atoms in total. The molecule has 0 radical (unpaired) electrons. The standard InChI is InChI=1S/C2H8N2.Na/c3-1-2-4;/h1-4H2;/q;+1/p+2. The van der Waals surface area contributed by atoms with Gasteiger partial charge in [-0.05, 0) is 0 Å². The van der Waals surface area contributed by atoms with Crippen LogP contribution in [0.15, 0.2) is 0 Å². The van der Waals surface area contributed by atoms with Crippen molar-refractivity contribution in [2.24, 2.45) is 11.5 Å². The summed E-state index contributed by atoms with van der Waals surface area (Å²) < 4.78 is 0. The van der Waals surface area contributed by atoms with Crippen molar-refractivity contribution in [1.82, 2.24) is 0 Å². The Balaban J connectivity index is -0.0000000150. The summed E-state index contributed by atoms with van der Waals surface area (Å²) in [5.41, 5.74) is 9.81. The predicted octanol–water partition coefficient (Wildman–Crippen LogP) is -3.87. The van der Waals surface area contributed by atoms with E-state index in [9.17, 15) is 0 Å². The first-order valence-electron chi connectivity index (χ1n) is 1.32. The largest absolute Gasteiger partial charge is 1.00 e. The van der Waals surface area contributed by atoms with Crippen LogP contribution in [0.4, 0.5) is 0 Å². The molecule has 0 bridgehead atoms. The van der Waals surface area contributed by atoms with Crippen LogP contribution in [0.3, 0.4) is 0 Å². The van der Waals surface area contributed by atoms with Gasteiger partial charge in [0, 0.05) is 13.1 Å². The SMILES string of the molecule is NCCN.[H+].[H+].[Na+]. The molecule has 0 fully saturated rings. The van der Waals surface area contributed by atoms with E-state index in [0.717, 1.165) is 0 Å². The average Bonchev–Trinajstić information content (AvgIpc) is 1.37. The van der Waals surface area contributed by atoms with Crippen LogP contribution < -0.4 is 41.0 Å². The smallest absolute Gasteiger partial charge is 0.329 e. The Morgan fingerprint density at radius 1 is 1.20 bits per heavy atom. The van der Waals surface area contributed by atoms with Gasteiger partial charge in [-0.2, -0.15) is 0 Å². The van der Waals surface area contributed by atoms with E-state index < -0.39 is 0 Å². The van der Waals surface area contributed by atoms with Crippen molar-refractivity contribution in [3.63, 3.8) is 0 Å². The van der Waals surface area contributed by atoms with Crippen LogP contribution in [-0.2, 0) is 0 Å². The summed E-state index contributed by atoms with van der Waals surface area (Å²) in [7, 11) is 0. The Labute approximate surface area is 57.2 Å². The third-order valence-corrected chi connectivity index (χ3v) is 0.167. The molecular formula is C2H10N2Na+3. The summed E-state index contributed by atoms with van der Waals surface area (Å²) in [4.78, 5) is 0. The summed E-state index contributed by atoms with van der Waals surface area (Å²) in [5, 5.41) is 0. The third-order valence-electron chi connectivity index (χ3n) is 0.167. The van der Waals surface area contributed by atoms with Crippen molar-refractivity contribution in [1.29, 1.82) is 0 Å². The van der Waals surface area contributed by atoms with E-state index >= 15 is 0 Å².